The number of hydrogen-bond donors (Lipinski definition) is 1. The first kappa shape index (κ1) is 19.4. The van der Waals surface area contributed by atoms with Crippen molar-refractivity contribution in [2.75, 3.05) is 40.0 Å². The van der Waals surface area contributed by atoms with Crippen LogP contribution in [0.1, 0.15) is 23.2 Å². The van der Waals surface area contributed by atoms with Crippen molar-refractivity contribution in [1.29, 1.82) is 0 Å². The third kappa shape index (κ3) is 5.27. The molecule has 25 heavy (non-hydrogen) atoms. The molecule has 8 heteroatoms. The number of amides is 2. The average molecular weight is 367 g/mol. The summed E-state index contributed by atoms with van der Waals surface area (Å²) in [6, 6.07) is 5.86. The van der Waals surface area contributed by atoms with Crippen LogP contribution in [0.2, 0.25) is 0 Å². The Balaban J connectivity index is 2.01. The molecular weight excluding hydrogens is 342 g/mol. The Morgan fingerprint density at radius 1 is 1.16 bits per heavy atom. The van der Waals surface area contributed by atoms with Crippen LogP contribution >= 0.6 is 0 Å². The molecule has 1 aliphatic heterocycles. The Bertz CT molecular complexity index is 721. The molecule has 1 aromatic carbocycles. The van der Waals surface area contributed by atoms with Gasteiger partial charge in [0.25, 0.3) is 5.91 Å². The monoisotopic (exact) mass is 367 g/mol. The summed E-state index contributed by atoms with van der Waals surface area (Å²) in [4.78, 5) is 27.4. The number of piperidine rings is 1. The van der Waals surface area contributed by atoms with Crippen molar-refractivity contribution in [3.8, 4) is 0 Å². The fraction of sp³-hybridized carbons (Fsp3) is 0.529. The van der Waals surface area contributed by atoms with Crippen molar-refractivity contribution >= 4 is 21.7 Å². The molecule has 0 spiro atoms. The summed E-state index contributed by atoms with van der Waals surface area (Å²) in [5.41, 5.74) is 0.414. The van der Waals surface area contributed by atoms with Gasteiger partial charge in [0.15, 0.2) is 9.84 Å². The number of likely N-dealkylation sites (tertiary alicyclic amines) is 1. The first-order valence-electron chi connectivity index (χ1n) is 8.21. The molecule has 0 bridgehead atoms. The van der Waals surface area contributed by atoms with Gasteiger partial charge in [0.05, 0.1) is 4.90 Å². The van der Waals surface area contributed by atoms with Gasteiger partial charge in [0.2, 0.25) is 5.91 Å². The Labute approximate surface area is 148 Å². The first-order valence-corrected chi connectivity index (χ1v) is 9.86. The van der Waals surface area contributed by atoms with Gasteiger partial charge >= 0.3 is 0 Å². The van der Waals surface area contributed by atoms with E-state index in [0.29, 0.717) is 5.56 Å². The lowest BCUT2D eigenvalue weighted by atomic mass is 10.0. The number of carbonyl (C=O) groups is 2. The summed E-state index contributed by atoms with van der Waals surface area (Å²) in [6.07, 6.45) is 1.81. The van der Waals surface area contributed by atoms with E-state index >= 15 is 0 Å². The normalized spacial score (nSPS) is 16.4. The summed E-state index contributed by atoms with van der Waals surface area (Å²) in [5, 5.41) is 2.99. The Hall–Kier alpha value is -1.93. The maximum atomic E-state index is 12.3. The molecule has 1 aromatic rings. The lowest BCUT2D eigenvalue weighted by molar-refractivity contribution is -0.125. The van der Waals surface area contributed by atoms with Crippen LogP contribution in [0, 0.1) is 0 Å². The van der Waals surface area contributed by atoms with Gasteiger partial charge in [-0.1, -0.05) is 0 Å². The summed E-state index contributed by atoms with van der Waals surface area (Å²) in [5.74, 6) is -1.27. The first-order chi connectivity index (χ1) is 11.7. The van der Waals surface area contributed by atoms with Crippen molar-refractivity contribution in [1.82, 2.24) is 15.1 Å². The lowest BCUT2D eigenvalue weighted by Crippen LogP contribution is -2.43. The largest absolute Gasteiger partial charge is 0.349 e. The molecule has 0 aromatic heterocycles. The predicted molar refractivity (Wildman–Crippen MR) is 95.2 cm³/mol. The fourth-order valence-electron chi connectivity index (χ4n) is 2.61. The van der Waals surface area contributed by atoms with Gasteiger partial charge in [0, 0.05) is 25.7 Å². The Morgan fingerprint density at radius 2 is 1.72 bits per heavy atom. The maximum Gasteiger partial charge on any atom is 0.251 e. The van der Waals surface area contributed by atoms with E-state index in [2.05, 4.69) is 17.3 Å². The smallest absolute Gasteiger partial charge is 0.251 e. The molecule has 0 atom stereocenters. The van der Waals surface area contributed by atoms with Crippen LogP contribution in [0.3, 0.4) is 0 Å². The highest BCUT2D eigenvalue weighted by Gasteiger charge is 2.22. The number of rotatable bonds is 5. The molecule has 138 valence electrons. The summed E-state index contributed by atoms with van der Waals surface area (Å²) in [6.45, 7) is 1.89. The van der Waals surface area contributed by atoms with Gasteiger partial charge in [-0.05, 0) is 57.2 Å². The standard InChI is InChI=1S/C17H25N3O4S/c1-19(2)16(21)12-25(23,24)15-6-4-13(5-7-15)17(22)18-14-8-10-20(3)11-9-14/h4-7,14H,8-12H2,1-3H3,(H,18,22). The van der Waals surface area contributed by atoms with Gasteiger partial charge in [-0.3, -0.25) is 9.59 Å². The van der Waals surface area contributed by atoms with E-state index in [-0.39, 0.29) is 16.8 Å². The predicted octanol–water partition coefficient (Wildman–Crippen LogP) is 0.373. The van der Waals surface area contributed by atoms with Crippen molar-refractivity contribution < 1.29 is 18.0 Å². The minimum Gasteiger partial charge on any atom is -0.349 e. The Morgan fingerprint density at radius 3 is 2.24 bits per heavy atom. The zero-order chi connectivity index (χ0) is 18.6. The molecule has 2 rings (SSSR count). The lowest BCUT2D eigenvalue weighted by Gasteiger charge is -2.29. The number of benzene rings is 1. The van der Waals surface area contributed by atoms with E-state index in [4.69, 9.17) is 0 Å². The minimum absolute atomic E-state index is 0.0403. The zero-order valence-corrected chi connectivity index (χ0v) is 15.7. The molecular formula is C17H25N3O4S. The summed E-state index contributed by atoms with van der Waals surface area (Å²) in [7, 11) is 1.36. The second kappa shape index (κ2) is 7.97. The average Bonchev–Trinajstić information content (AvgIpc) is 2.56. The number of carbonyl (C=O) groups excluding carboxylic acids is 2. The van der Waals surface area contributed by atoms with Crippen LogP contribution in [-0.4, -0.2) is 76.1 Å². The molecule has 2 amide bonds. The van der Waals surface area contributed by atoms with Gasteiger partial charge < -0.3 is 15.1 Å². The van der Waals surface area contributed by atoms with Gasteiger partial charge in [-0.25, -0.2) is 8.42 Å². The van der Waals surface area contributed by atoms with E-state index in [1.807, 2.05) is 0 Å². The second-order valence-corrected chi connectivity index (χ2v) is 8.61. The quantitative estimate of drug-likeness (QED) is 0.813. The molecule has 0 saturated carbocycles. The highest BCUT2D eigenvalue weighted by molar-refractivity contribution is 7.92. The van der Waals surface area contributed by atoms with Crippen LogP contribution in [0.15, 0.2) is 29.2 Å². The molecule has 0 unspecified atom stereocenters. The van der Waals surface area contributed by atoms with Crippen molar-refractivity contribution in [2.45, 2.75) is 23.8 Å². The van der Waals surface area contributed by atoms with Crippen LogP contribution in [0.25, 0.3) is 0 Å². The van der Waals surface area contributed by atoms with Crippen molar-refractivity contribution in [3.05, 3.63) is 29.8 Å². The number of hydrogen-bond acceptors (Lipinski definition) is 5. The van der Waals surface area contributed by atoms with E-state index < -0.39 is 21.5 Å². The number of nitrogens with one attached hydrogen (secondary N) is 1. The number of sulfone groups is 1. The van der Waals surface area contributed by atoms with Crippen LogP contribution < -0.4 is 5.32 Å². The van der Waals surface area contributed by atoms with E-state index in [1.54, 1.807) is 0 Å². The maximum absolute atomic E-state index is 12.3. The third-order valence-corrected chi connectivity index (χ3v) is 5.96. The van der Waals surface area contributed by atoms with Crippen LogP contribution in [0.4, 0.5) is 0 Å². The molecule has 1 N–H and O–H groups in total. The van der Waals surface area contributed by atoms with Crippen LogP contribution in [-0.2, 0) is 14.6 Å². The fourth-order valence-corrected chi connectivity index (χ4v) is 3.91. The van der Waals surface area contributed by atoms with Gasteiger partial charge in [0.1, 0.15) is 5.75 Å². The minimum atomic E-state index is -3.71. The molecule has 1 aliphatic rings. The molecule has 0 aliphatic carbocycles. The summed E-state index contributed by atoms with van der Waals surface area (Å²) >= 11 is 0. The van der Waals surface area contributed by atoms with E-state index in [1.165, 1.54) is 43.3 Å². The van der Waals surface area contributed by atoms with Gasteiger partial charge in [-0.2, -0.15) is 0 Å². The van der Waals surface area contributed by atoms with Crippen molar-refractivity contribution in [2.24, 2.45) is 0 Å². The van der Waals surface area contributed by atoms with E-state index in [9.17, 15) is 18.0 Å². The Kier molecular flexibility index (Phi) is 6.18. The molecule has 7 nitrogen and oxygen atoms in total. The highest BCUT2D eigenvalue weighted by atomic mass is 32.2. The van der Waals surface area contributed by atoms with E-state index in [0.717, 1.165) is 25.9 Å². The molecule has 1 fully saturated rings. The highest BCUT2D eigenvalue weighted by Crippen LogP contribution is 2.14. The zero-order valence-electron chi connectivity index (χ0n) is 14.9. The SMILES string of the molecule is CN1CCC(NC(=O)c2ccc(S(=O)(=O)CC(=O)N(C)C)cc2)CC1. The topological polar surface area (TPSA) is 86.8 Å². The third-order valence-electron chi connectivity index (χ3n) is 4.34. The molecule has 1 saturated heterocycles. The molecule has 0 radical (unpaired) electrons. The molecule has 1 heterocycles. The van der Waals surface area contributed by atoms with Crippen LogP contribution in [0.5, 0.6) is 0 Å². The summed E-state index contributed by atoms with van der Waals surface area (Å²) < 4.78 is 24.4. The van der Waals surface area contributed by atoms with Gasteiger partial charge in [-0.15, -0.1) is 0 Å². The van der Waals surface area contributed by atoms with Crippen molar-refractivity contribution in [3.63, 3.8) is 0 Å². The number of nitrogens with zero attached hydrogens (tertiary/aromatic N) is 2. The second-order valence-electron chi connectivity index (χ2n) is 6.62.